The largest absolute Gasteiger partial charge is 0.374 e. The molecule has 1 aliphatic carbocycles. The van der Waals surface area contributed by atoms with Crippen LogP contribution in [0.5, 0.6) is 0 Å². The number of nitrogens with zero attached hydrogens (tertiary/aromatic N) is 5. The van der Waals surface area contributed by atoms with Crippen molar-refractivity contribution in [1.82, 2.24) is 29.7 Å². The molecule has 4 aliphatic rings. The van der Waals surface area contributed by atoms with Crippen molar-refractivity contribution >= 4 is 29.4 Å². The van der Waals surface area contributed by atoms with Gasteiger partial charge in [-0.05, 0) is 125 Å². The number of rotatable bonds is 11. The molecule has 3 saturated heterocycles. The van der Waals surface area contributed by atoms with Gasteiger partial charge in [0.05, 0.1) is 6.20 Å². The first-order valence-electron chi connectivity index (χ1n) is 21.1. The van der Waals surface area contributed by atoms with E-state index in [1.807, 2.05) is 17.0 Å². The Hall–Kier alpha value is -5.50. The van der Waals surface area contributed by atoms with Gasteiger partial charge in [0.1, 0.15) is 17.6 Å². The number of pyridine rings is 1. The molecule has 2 aromatic heterocycles. The molecule has 3 amide bonds. The van der Waals surface area contributed by atoms with E-state index in [0.29, 0.717) is 41.6 Å². The van der Waals surface area contributed by atoms with Crippen molar-refractivity contribution in [3.63, 3.8) is 0 Å². The summed E-state index contributed by atoms with van der Waals surface area (Å²) in [7, 11) is 0. The fraction of sp³-hybridized carbons (Fsp3) is 0.467. The van der Waals surface area contributed by atoms with Crippen molar-refractivity contribution in [3.05, 3.63) is 101 Å². The average molecular weight is 807 g/mol. The zero-order valence-electron chi connectivity index (χ0n) is 33.3. The Morgan fingerprint density at radius 1 is 0.847 bits per heavy atom. The van der Waals surface area contributed by atoms with Gasteiger partial charge in [-0.3, -0.25) is 29.1 Å². The van der Waals surface area contributed by atoms with Crippen LogP contribution in [0.1, 0.15) is 82.1 Å². The molecule has 4 fully saturated rings. The van der Waals surface area contributed by atoms with Gasteiger partial charge in [0.25, 0.3) is 5.56 Å². The zero-order valence-corrected chi connectivity index (χ0v) is 33.3. The van der Waals surface area contributed by atoms with Crippen LogP contribution < -0.4 is 21.5 Å². The Morgan fingerprint density at radius 2 is 1.68 bits per heavy atom. The van der Waals surface area contributed by atoms with E-state index in [9.17, 15) is 19.2 Å². The maximum Gasteiger partial charge on any atom is 0.255 e. The average Bonchev–Trinajstić information content (AvgIpc) is 3.25. The summed E-state index contributed by atoms with van der Waals surface area (Å²) in [6.45, 7) is 4.38. The lowest BCUT2D eigenvalue weighted by Gasteiger charge is -2.38. The van der Waals surface area contributed by atoms with Crippen LogP contribution in [0.15, 0.2) is 77.9 Å². The Morgan fingerprint density at radius 3 is 2.46 bits per heavy atom. The van der Waals surface area contributed by atoms with Gasteiger partial charge in [0.15, 0.2) is 5.82 Å². The number of carbonyl (C=O) groups is 3. The third kappa shape index (κ3) is 9.70. The molecule has 1 unspecified atom stereocenters. The number of piperidine rings is 3. The number of benzene rings is 2. The van der Waals surface area contributed by atoms with Crippen LogP contribution in [0.25, 0.3) is 16.9 Å². The fourth-order valence-corrected chi connectivity index (χ4v) is 9.32. The summed E-state index contributed by atoms with van der Waals surface area (Å²) in [6.07, 6.45) is 11.6. The molecule has 59 heavy (non-hydrogen) atoms. The molecule has 12 nitrogen and oxygen atoms in total. The van der Waals surface area contributed by atoms with Gasteiger partial charge < -0.3 is 20.4 Å². The summed E-state index contributed by atoms with van der Waals surface area (Å²) in [5, 5.41) is 8.78. The standard InChI is InChI=1S/C45H52F2N8O4/c46-37-27-34(49-39-12-13-40(56)51-43(39)58)10-11-36(37)30-17-21-53(22-18-30)20-14-29-15-23-54(24-16-29)44(59)32-6-3-7-33(25-32)50-45-48-28-38(47)42(52-45)31-5-4-8-35(26-31)55-19-2-1-9-41(55)57/h1-2,4-5,8-11,19,26-30,32-33,39,49H,3,6-7,12-18,20-25H2,(H,48,50,52)(H,51,56,58)/t32-,33+,39?/m0/s1. The highest BCUT2D eigenvalue weighted by atomic mass is 19.1. The van der Waals surface area contributed by atoms with Crippen molar-refractivity contribution in [2.75, 3.05) is 43.4 Å². The number of hydrogen-bond acceptors (Lipinski definition) is 9. The molecule has 3 N–H and O–H groups in total. The van der Waals surface area contributed by atoms with E-state index in [-0.39, 0.29) is 59.1 Å². The number of likely N-dealkylation sites (tertiary alicyclic amines) is 2. The molecule has 0 spiro atoms. The zero-order chi connectivity index (χ0) is 40.9. The summed E-state index contributed by atoms with van der Waals surface area (Å²) >= 11 is 0. The second-order valence-corrected chi connectivity index (χ2v) is 16.6. The molecule has 4 aromatic rings. The number of halogens is 2. The van der Waals surface area contributed by atoms with Crippen molar-refractivity contribution in [2.24, 2.45) is 11.8 Å². The predicted molar refractivity (Wildman–Crippen MR) is 221 cm³/mol. The quantitative estimate of drug-likeness (QED) is 0.150. The molecule has 3 atom stereocenters. The maximum absolute atomic E-state index is 15.2. The molecule has 3 aliphatic heterocycles. The van der Waals surface area contributed by atoms with Gasteiger partial charge in [-0.25, -0.2) is 18.7 Å². The molecular formula is C45H52F2N8O4. The number of aromatic nitrogens is 3. The molecule has 0 bridgehead atoms. The van der Waals surface area contributed by atoms with Crippen LogP contribution in [0, 0.1) is 23.5 Å². The number of hydrogen-bond donors (Lipinski definition) is 3. The maximum atomic E-state index is 15.2. The lowest BCUT2D eigenvalue weighted by molar-refractivity contribution is -0.138. The molecule has 8 rings (SSSR count). The van der Waals surface area contributed by atoms with E-state index in [2.05, 4.69) is 30.8 Å². The van der Waals surface area contributed by atoms with Crippen molar-refractivity contribution in [3.8, 4) is 16.9 Å². The number of amides is 3. The van der Waals surface area contributed by atoms with E-state index in [4.69, 9.17) is 0 Å². The Kier molecular flexibility index (Phi) is 12.4. The van der Waals surface area contributed by atoms with Crippen molar-refractivity contribution in [2.45, 2.75) is 88.6 Å². The van der Waals surface area contributed by atoms with Crippen LogP contribution in [-0.4, -0.2) is 86.9 Å². The Bertz CT molecular complexity index is 2220. The first kappa shape index (κ1) is 40.3. The minimum Gasteiger partial charge on any atom is -0.374 e. The highest BCUT2D eigenvalue weighted by molar-refractivity contribution is 6.01. The van der Waals surface area contributed by atoms with Crippen LogP contribution in [0.3, 0.4) is 0 Å². The molecular weight excluding hydrogens is 755 g/mol. The van der Waals surface area contributed by atoms with Gasteiger partial charge in [-0.15, -0.1) is 0 Å². The number of carbonyl (C=O) groups excluding carboxylic acids is 3. The van der Waals surface area contributed by atoms with Crippen molar-refractivity contribution in [1.29, 1.82) is 0 Å². The minimum absolute atomic E-state index is 0.00947. The molecule has 14 heteroatoms. The minimum atomic E-state index is -0.559. The summed E-state index contributed by atoms with van der Waals surface area (Å²) in [5.74, 6) is -0.302. The summed E-state index contributed by atoms with van der Waals surface area (Å²) in [6, 6.07) is 16.5. The normalized spacial score (nSPS) is 22.2. The van der Waals surface area contributed by atoms with Crippen molar-refractivity contribution < 1.29 is 23.2 Å². The number of nitrogens with one attached hydrogen (secondary N) is 3. The lowest BCUT2D eigenvalue weighted by atomic mass is 9.84. The molecule has 310 valence electrons. The summed E-state index contributed by atoms with van der Waals surface area (Å²) < 4.78 is 31.8. The molecule has 0 radical (unpaired) electrons. The smallest absolute Gasteiger partial charge is 0.255 e. The van der Waals surface area contributed by atoms with Gasteiger partial charge in [-0.1, -0.05) is 30.7 Å². The van der Waals surface area contributed by atoms with Gasteiger partial charge >= 0.3 is 0 Å². The summed E-state index contributed by atoms with van der Waals surface area (Å²) in [5.41, 5.74) is 2.36. The van der Waals surface area contributed by atoms with Crippen LogP contribution in [0.4, 0.5) is 20.4 Å². The Labute approximate surface area is 342 Å². The topological polar surface area (TPSA) is 142 Å². The molecule has 1 saturated carbocycles. The first-order chi connectivity index (χ1) is 28.7. The SMILES string of the molecule is O=C1CCC(Nc2ccc(C3CCN(CCC4CCN(C(=O)[C@H]5CCC[C@@H](Nc6ncc(F)c(-c7cccc(-n8ccccc8=O)c7)n6)C5)CC4)CC3)c(F)c2)C(=O)N1. The fourth-order valence-electron chi connectivity index (χ4n) is 9.32. The number of imide groups is 1. The van der Waals surface area contributed by atoms with Gasteiger partial charge in [0, 0.05) is 60.7 Å². The molecule has 5 heterocycles. The second-order valence-electron chi connectivity index (χ2n) is 16.6. The second kappa shape index (κ2) is 18.2. The predicted octanol–water partition coefficient (Wildman–Crippen LogP) is 6.27. The van der Waals surface area contributed by atoms with Crippen LogP contribution in [-0.2, 0) is 14.4 Å². The van der Waals surface area contributed by atoms with Crippen LogP contribution in [0.2, 0.25) is 0 Å². The van der Waals surface area contributed by atoms with E-state index >= 15 is 8.78 Å². The third-order valence-corrected chi connectivity index (χ3v) is 12.7. The van der Waals surface area contributed by atoms with E-state index in [1.54, 1.807) is 42.6 Å². The molecule has 2 aromatic carbocycles. The highest BCUT2D eigenvalue weighted by Crippen LogP contribution is 2.34. The third-order valence-electron chi connectivity index (χ3n) is 12.7. The first-order valence-corrected chi connectivity index (χ1v) is 21.1. The monoisotopic (exact) mass is 806 g/mol. The lowest BCUT2D eigenvalue weighted by Crippen LogP contribution is -2.47. The van der Waals surface area contributed by atoms with Gasteiger partial charge in [0.2, 0.25) is 23.7 Å². The van der Waals surface area contributed by atoms with Gasteiger partial charge in [-0.2, -0.15) is 0 Å². The van der Waals surface area contributed by atoms with E-state index < -0.39 is 11.9 Å². The van der Waals surface area contributed by atoms with E-state index in [1.165, 1.54) is 22.9 Å². The number of anilines is 2. The summed E-state index contributed by atoms with van der Waals surface area (Å²) in [4.78, 5) is 63.0. The van der Waals surface area contributed by atoms with E-state index in [0.717, 1.165) is 89.7 Å². The highest BCUT2D eigenvalue weighted by Gasteiger charge is 2.33. The Balaban J connectivity index is 0.770. The van der Waals surface area contributed by atoms with Crippen LogP contribution >= 0.6 is 0 Å².